The van der Waals surface area contributed by atoms with E-state index < -0.39 is 0 Å². The lowest BCUT2D eigenvalue weighted by molar-refractivity contribution is 0.668. The molecule has 1 aromatic heterocycles. The van der Waals surface area contributed by atoms with Crippen LogP contribution in [0.5, 0.6) is 0 Å². The summed E-state index contributed by atoms with van der Waals surface area (Å²) in [7, 11) is 0. The molecule has 4 nitrogen and oxygen atoms in total. The molecule has 8 aromatic carbocycles. The summed E-state index contributed by atoms with van der Waals surface area (Å²) in [5.74, 6) is 1.44. The van der Waals surface area contributed by atoms with Gasteiger partial charge in [0, 0.05) is 21.9 Å². The van der Waals surface area contributed by atoms with Crippen LogP contribution in [0.15, 0.2) is 190 Å². The molecule has 0 aliphatic carbocycles. The number of para-hydroxylation sites is 1. The van der Waals surface area contributed by atoms with Crippen molar-refractivity contribution in [2.75, 3.05) is 0 Å². The zero-order valence-electron chi connectivity index (χ0n) is 27.6. The van der Waals surface area contributed by atoms with Gasteiger partial charge in [-0.05, 0) is 73.6 Å². The van der Waals surface area contributed by atoms with Gasteiger partial charge in [0.15, 0.2) is 5.84 Å². The summed E-state index contributed by atoms with van der Waals surface area (Å²) >= 11 is 0. The number of benzene rings is 8. The van der Waals surface area contributed by atoms with Crippen LogP contribution in [0.1, 0.15) is 22.9 Å². The van der Waals surface area contributed by atoms with E-state index in [9.17, 15) is 0 Å². The quantitative estimate of drug-likeness (QED) is 0.201. The second-order valence-corrected chi connectivity index (χ2v) is 13.0. The minimum absolute atomic E-state index is 0.330. The lowest BCUT2D eigenvalue weighted by Crippen LogP contribution is -2.33. The van der Waals surface area contributed by atoms with Crippen LogP contribution in [0.3, 0.4) is 0 Å². The largest absolute Gasteiger partial charge is 0.456 e. The van der Waals surface area contributed by atoms with E-state index in [2.05, 4.69) is 163 Å². The summed E-state index contributed by atoms with van der Waals surface area (Å²) in [6.45, 7) is 0. The van der Waals surface area contributed by atoms with Crippen molar-refractivity contribution in [3.05, 3.63) is 193 Å². The molecule has 0 fully saturated rings. The molecule has 0 amide bonds. The van der Waals surface area contributed by atoms with E-state index in [1.165, 1.54) is 27.1 Å². The van der Waals surface area contributed by atoms with Gasteiger partial charge < -0.3 is 9.73 Å². The second kappa shape index (κ2) is 12.0. The summed E-state index contributed by atoms with van der Waals surface area (Å²) in [5, 5.41) is 10.7. The Kier molecular flexibility index (Phi) is 6.85. The molecule has 1 atom stereocenters. The molecule has 0 bridgehead atoms. The molecule has 1 unspecified atom stereocenters. The van der Waals surface area contributed by atoms with E-state index in [4.69, 9.17) is 14.4 Å². The van der Waals surface area contributed by atoms with Gasteiger partial charge in [0.2, 0.25) is 0 Å². The van der Waals surface area contributed by atoms with E-state index in [0.29, 0.717) is 5.84 Å². The number of furan rings is 1. The minimum Gasteiger partial charge on any atom is -0.456 e. The zero-order chi connectivity index (χ0) is 33.7. The lowest BCUT2D eigenvalue weighted by Gasteiger charge is -2.24. The SMILES string of the molecule is c1ccc(C2N=C(c3ccc(-c4ccc5ccccc5c4)cc3)N=C(c3cc(-c4cccc5ccccc45)cc4oc5ccccc5c34)N2)cc1. The molecule has 10 rings (SSSR count). The van der Waals surface area contributed by atoms with Gasteiger partial charge in [-0.25, -0.2) is 9.98 Å². The average Bonchev–Trinajstić information content (AvgIpc) is 3.59. The molecule has 2 heterocycles. The molecule has 0 saturated carbocycles. The Morgan fingerprint density at radius 2 is 1.14 bits per heavy atom. The van der Waals surface area contributed by atoms with Crippen molar-refractivity contribution in [3.63, 3.8) is 0 Å². The third kappa shape index (κ3) is 5.17. The first-order valence-electron chi connectivity index (χ1n) is 17.3. The number of rotatable bonds is 5. The Hall–Kier alpha value is -6.78. The number of hydrogen-bond acceptors (Lipinski definition) is 4. The Morgan fingerprint density at radius 1 is 0.451 bits per heavy atom. The van der Waals surface area contributed by atoms with Crippen LogP contribution < -0.4 is 5.32 Å². The highest BCUT2D eigenvalue weighted by molar-refractivity contribution is 6.23. The maximum absolute atomic E-state index is 6.55. The highest BCUT2D eigenvalue weighted by Gasteiger charge is 2.25. The zero-order valence-corrected chi connectivity index (χ0v) is 27.6. The van der Waals surface area contributed by atoms with Gasteiger partial charge >= 0.3 is 0 Å². The van der Waals surface area contributed by atoms with Gasteiger partial charge in [0.1, 0.15) is 23.2 Å². The van der Waals surface area contributed by atoms with Crippen molar-refractivity contribution < 1.29 is 4.42 Å². The number of nitrogens with zero attached hydrogens (tertiary/aromatic N) is 2. The van der Waals surface area contributed by atoms with Crippen LogP contribution in [-0.2, 0) is 0 Å². The van der Waals surface area contributed by atoms with Crippen molar-refractivity contribution in [1.29, 1.82) is 0 Å². The van der Waals surface area contributed by atoms with Crippen molar-refractivity contribution in [1.82, 2.24) is 5.32 Å². The number of hydrogen-bond donors (Lipinski definition) is 1. The fraction of sp³-hybridized carbons (Fsp3) is 0.0213. The lowest BCUT2D eigenvalue weighted by atomic mass is 9.94. The van der Waals surface area contributed by atoms with Crippen LogP contribution in [0.2, 0.25) is 0 Å². The summed E-state index contributed by atoms with van der Waals surface area (Å²) < 4.78 is 6.55. The maximum Gasteiger partial charge on any atom is 0.159 e. The maximum atomic E-state index is 6.55. The van der Waals surface area contributed by atoms with Gasteiger partial charge in [0.05, 0.1) is 0 Å². The molecule has 0 saturated heterocycles. The fourth-order valence-corrected chi connectivity index (χ4v) is 7.38. The number of fused-ring (bicyclic) bond motifs is 5. The van der Waals surface area contributed by atoms with E-state index in [1.54, 1.807) is 0 Å². The van der Waals surface area contributed by atoms with Gasteiger partial charge in [-0.1, -0.05) is 152 Å². The first-order chi connectivity index (χ1) is 25.2. The Bertz CT molecular complexity index is 2820. The molecule has 9 aromatic rings. The standard InChI is InChI=1S/C47H31N3O/c1-2-13-33(14-3-1)45-48-46(34-24-21-31(22-25-34)36-26-23-30-11-4-5-15-35(30)27-36)50-47(49-45)41-28-37(39-19-10-16-32-12-6-7-17-38(32)39)29-43-44(41)40-18-8-9-20-42(40)51-43/h1-29,45H,(H,48,49,50). The van der Waals surface area contributed by atoms with Gasteiger partial charge in [-0.3, -0.25) is 0 Å². The fourth-order valence-electron chi connectivity index (χ4n) is 7.38. The van der Waals surface area contributed by atoms with Crippen LogP contribution in [-0.4, -0.2) is 11.7 Å². The normalized spacial score (nSPS) is 14.5. The van der Waals surface area contributed by atoms with Crippen molar-refractivity contribution in [2.45, 2.75) is 6.17 Å². The molecule has 240 valence electrons. The first-order valence-corrected chi connectivity index (χ1v) is 17.3. The van der Waals surface area contributed by atoms with Crippen molar-refractivity contribution in [2.24, 2.45) is 9.98 Å². The Morgan fingerprint density at radius 3 is 2.00 bits per heavy atom. The molecule has 4 heteroatoms. The number of nitrogens with one attached hydrogen (secondary N) is 1. The van der Waals surface area contributed by atoms with E-state index >= 15 is 0 Å². The first kappa shape index (κ1) is 29.2. The predicted molar refractivity (Wildman–Crippen MR) is 211 cm³/mol. The summed E-state index contributed by atoms with van der Waals surface area (Å²) in [6.07, 6.45) is -0.330. The number of amidine groups is 2. The molecule has 0 radical (unpaired) electrons. The molecule has 1 N–H and O–H groups in total. The second-order valence-electron chi connectivity index (χ2n) is 13.0. The van der Waals surface area contributed by atoms with Crippen LogP contribution in [0.25, 0.3) is 65.7 Å². The third-order valence-corrected chi connectivity index (χ3v) is 9.92. The van der Waals surface area contributed by atoms with E-state index in [0.717, 1.165) is 61.2 Å². The monoisotopic (exact) mass is 653 g/mol. The topological polar surface area (TPSA) is 49.9 Å². The summed E-state index contributed by atoms with van der Waals surface area (Å²) in [4.78, 5) is 10.5. The van der Waals surface area contributed by atoms with Gasteiger partial charge in [-0.2, -0.15) is 0 Å². The average molecular weight is 654 g/mol. The predicted octanol–water partition coefficient (Wildman–Crippen LogP) is 11.7. The molecule has 0 spiro atoms. The molecule has 1 aliphatic rings. The molecular weight excluding hydrogens is 623 g/mol. The Labute approximate surface area is 295 Å². The molecular formula is C47H31N3O. The van der Waals surface area contributed by atoms with Crippen molar-refractivity contribution >= 4 is 55.2 Å². The highest BCUT2D eigenvalue weighted by atomic mass is 16.3. The third-order valence-electron chi connectivity index (χ3n) is 9.92. The van der Waals surface area contributed by atoms with Crippen LogP contribution in [0, 0.1) is 0 Å². The van der Waals surface area contributed by atoms with Gasteiger partial charge in [-0.15, -0.1) is 0 Å². The van der Waals surface area contributed by atoms with E-state index in [1.807, 2.05) is 18.2 Å². The van der Waals surface area contributed by atoms with Crippen LogP contribution in [0.4, 0.5) is 0 Å². The highest BCUT2D eigenvalue weighted by Crippen LogP contribution is 2.38. The summed E-state index contributed by atoms with van der Waals surface area (Å²) in [6, 6.07) is 61.7. The van der Waals surface area contributed by atoms with E-state index in [-0.39, 0.29) is 6.17 Å². The Balaban J connectivity index is 1.14. The molecule has 51 heavy (non-hydrogen) atoms. The van der Waals surface area contributed by atoms with Gasteiger partial charge in [0.25, 0.3) is 0 Å². The van der Waals surface area contributed by atoms with Crippen molar-refractivity contribution in [3.8, 4) is 22.3 Å². The smallest absolute Gasteiger partial charge is 0.159 e. The molecule has 1 aliphatic heterocycles. The summed E-state index contributed by atoms with van der Waals surface area (Å²) in [5.41, 5.74) is 9.20. The van der Waals surface area contributed by atoms with Crippen LogP contribution >= 0.6 is 0 Å². The number of aliphatic imine (C=N–C) groups is 2. The minimum atomic E-state index is -0.330.